The Morgan fingerprint density at radius 3 is 2.78 bits per heavy atom. The van der Waals surface area contributed by atoms with Gasteiger partial charge in [-0.1, -0.05) is 45.4 Å². The van der Waals surface area contributed by atoms with E-state index in [9.17, 15) is 4.79 Å². The predicted octanol–water partition coefficient (Wildman–Crippen LogP) is 3.69. The lowest BCUT2D eigenvalue weighted by Gasteiger charge is -2.23. The highest BCUT2D eigenvalue weighted by atomic mass is 79.9. The van der Waals surface area contributed by atoms with Crippen molar-refractivity contribution in [1.82, 2.24) is 15.0 Å². The van der Waals surface area contributed by atoms with Crippen LogP contribution in [0, 0.1) is 6.92 Å². The van der Waals surface area contributed by atoms with E-state index < -0.39 is 0 Å². The van der Waals surface area contributed by atoms with Crippen molar-refractivity contribution in [1.29, 1.82) is 0 Å². The summed E-state index contributed by atoms with van der Waals surface area (Å²) in [7, 11) is 0. The molecule has 0 aliphatic carbocycles. The Morgan fingerprint density at radius 1 is 1.13 bits per heavy atom. The average Bonchev–Trinajstić information content (AvgIpc) is 2.83. The minimum atomic E-state index is -0.0424. The third-order valence-corrected chi connectivity index (χ3v) is 4.40. The summed E-state index contributed by atoms with van der Waals surface area (Å²) in [4.78, 5) is 14.6. The first kappa shape index (κ1) is 14.1. The number of aromatic nitrogens is 3. The second kappa shape index (κ2) is 5.31. The smallest absolute Gasteiger partial charge is 0.253 e. The van der Waals surface area contributed by atoms with Gasteiger partial charge in [0.25, 0.3) is 5.91 Å². The summed E-state index contributed by atoms with van der Waals surface area (Å²) in [6.07, 6.45) is 0. The average molecular weight is 369 g/mol. The van der Waals surface area contributed by atoms with Gasteiger partial charge in [0, 0.05) is 10.0 Å². The molecule has 3 aromatic rings. The Hall–Kier alpha value is -2.47. The van der Waals surface area contributed by atoms with Crippen LogP contribution in [0.2, 0.25) is 0 Å². The number of carbonyl (C=O) groups is 1. The first-order valence-electron chi connectivity index (χ1n) is 7.23. The second-order valence-electron chi connectivity index (χ2n) is 5.41. The fourth-order valence-corrected chi connectivity index (χ4v) is 3.33. The zero-order valence-corrected chi connectivity index (χ0v) is 14.0. The molecule has 2 heterocycles. The number of hydrogen-bond donors (Lipinski definition) is 0. The summed E-state index contributed by atoms with van der Waals surface area (Å²) in [5.41, 5.74) is 4.35. The van der Waals surface area contributed by atoms with Gasteiger partial charge >= 0.3 is 0 Å². The molecular formula is C17H13BrN4O. The molecule has 0 atom stereocenters. The van der Waals surface area contributed by atoms with Crippen LogP contribution in [0.3, 0.4) is 0 Å². The predicted molar refractivity (Wildman–Crippen MR) is 91.5 cm³/mol. The van der Waals surface area contributed by atoms with Crippen molar-refractivity contribution in [3.8, 4) is 11.3 Å². The molecule has 0 N–H and O–H groups in total. The number of carbonyl (C=O) groups excluding carboxylic acids is 1. The van der Waals surface area contributed by atoms with Gasteiger partial charge in [0.2, 0.25) is 0 Å². The number of nitrogens with zero attached hydrogens (tertiary/aromatic N) is 4. The van der Waals surface area contributed by atoms with E-state index in [1.54, 1.807) is 9.58 Å². The van der Waals surface area contributed by atoms with Crippen LogP contribution in [0.5, 0.6) is 0 Å². The Bertz CT molecular complexity index is 918. The van der Waals surface area contributed by atoms with Crippen LogP contribution in [0.25, 0.3) is 11.3 Å². The van der Waals surface area contributed by atoms with Gasteiger partial charge in [0.15, 0.2) is 0 Å². The lowest BCUT2D eigenvalue weighted by atomic mass is 10.1. The summed E-state index contributed by atoms with van der Waals surface area (Å²) in [5, 5.41) is 8.24. The van der Waals surface area contributed by atoms with E-state index in [0.29, 0.717) is 0 Å². The third kappa shape index (κ3) is 2.26. The summed E-state index contributed by atoms with van der Waals surface area (Å²) in [6, 6.07) is 15.6. The molecule has 1 amide bonds. The molecule has 1 aliphatic heterocycles. The van der Waals surface area contributed by atoms with E-state index in [1.165, 1.54) is 0 Å². The van der Waals surface area contributed by atoms with Crippen LogP contribution in [0.4, 0.5) is 11.4 Å². The molecule has 1 aromatic heterocycles. The van der Waals surface area contributed by atoms with E-state index in [2.05, 4.69) is 26.2 Å². The van der Waals surface area contributed by atoms with Gasteiger partial charge in [-0.3, -0.25) is 9.69 Å². The number of rotatable bonds is 1. The van der Waals surface area contributed by atoms with Crippen molar-refractivity contribution in [2.45, 2.75) is 13.5 Å². The number of aryl methyl sites for hydroxylation is 1. The zero-order chi connectivity index (χ0) is 16.0. The molecule has 0 spiro atoms. The highest BCUT2D eigenvalue weighted by molar-refractivity contribution is 9.10. The van der Waals surface area contributed by atoms with E-state index in [-0.39, 0.29) is 12.5 Å². The molecule has 114 valence electrons. The summed E-state index contributed by atoms with van der Waals surface area (Å²) in [5.74, 6) is -0.0424. The van der Waals surface area contributed by atoms with E-state index in [0.717, 1.165) is 32.8 Å². The van der Waals surface area contributed by atoms with Crippen LogP contribution in [0.1, 0.15) is 5.69 Å². The van der Waals surface area contributed by atoms with Gasteiger partial charge < -0.3 is 0 Å². The van der Waals surface area contributed by atoms with E-state index >= 15 is 0 Å². The van der Waals surface area contributed by atoms with E-state index in [4.69, 9.17) is 0 Å². The van der Waals surface area contributed by atoms with Crippen molar-refractivity contribution in [2.75, 3.05) is 4.90 Å². The molecule has 2 aromatic carbocycles. The molecular weight excluding hydrogens is 356 g/mol. The molecule has 0 fully saturated rings. The molecule has 4 rings (SSSR count). The van der Waals surface area contributed by atoms with Gasteiger partial charge in [-0.25, -0.2) is 4.68 Å². The first-order chi connectivity index (χ1) is 11.1. The number of fused-ring (bicyclic) bond motifs is 3. The molecule has 0 saturated heterocycles. The minimum absolute atomic E-state index is 0.0424. The molecule has 0 bridgehead atoms. The number of anilines is 2. The van der Waals surface area contributed by atoms with Gasteiger partial charge in [0.1, 0.15) is 6.54 Å². The maximum absolute atomic E-state index is 12.9. The van der Waals surface area contributed by atoms with Crippen molar-refractivity contribution in [3.63, 3.8) is 0 Å². The van der Waals surface area contributed by atoms with Crippen LogP contribution < -0.4 is 4.90 Å². The SMILES string of the molecule is Cc1nnn2c1-c1ccccc1N(c1cccc(Br)c1)C(=O)C2. The van der Waals surface area contributed by atoms with E-state index in [1.807, 2.05) is 55.5 Å². The lowest BCUT2D eigenvalue weighted by molar-refractivity contribution is -0.118. The molecule has 5 nitrogen and oxygen atoms in total. The van der Waals surface area contributed by atoms with Gasteiger partial charge in [-0.15, -0.1) is 5.10 Å². The maximum atomic E-state index is 12.9. The van der Waals surface area contributed by atoms with Crippen LogP contribution in [0.15, 0.2) is 53.0 Å². The Balaban J connectivity index is 1.99. The molecule has 0 unspecified atom stereocenters. The van der Waals surface area contributed by atoms with Gasteiger partial charge in [-0.2, -0.15) is 0 Å². The fraction of sp³-hybridized carbons (Fsp3) is 0.118. The molecule has 0 radical (unpaired) electrons. The number of para-hydroxylation sites is 1. The first-order valence-corrected chi connectivity index (χ1v) is 8.02. The highest BCUT2D eigenvalue weighted by Gasteiger charge is 2.29. The molecule has 1 aliphatic rings. The van der Waals surface area contributed by atoms with Gasteiger partial charge in [-0.05, 0) is 31.2 Å². The summed E-state index contributed by atoms with van der Waals surface area (Å²) < 4.78 is 2.61. The Morgan fingerprint density at radius 2 is 1.96 bits per heavy atom. The topological polar surface area (TPSA) is 51.0 Å². The molecule has 23 heavy (non-hydrogen) atoms. The summed E-state index contributed by atoms with van der Waals surface area (Å²) >= 11 is 3.48. The number of halogens is 1. The third-order valence-electron chi connectivity index (χ3n) is 3.90. The largest absolute Gasteiger partial charge is 0.279 e. The second-order valence-corrected chi connectivity index (χ2v) is 6.32. The standard InChI is InChI=1S/C17H13BrN4O/c1-11-17-14-7-2-3-8-15(14)22(13-6-4-5-12(18)9-13)16(23)10-21(17)20-19-11/h2-9H,10H2,1H3. The zero-order valence-electron chi connectivity index (χ0n) is 12.4. The molecule has 0 saturated carbocycles. The summed E-state index contributed by atoms with van der Waals surface area (Å²) in [6.45, 7) is 2.08. The Labute approximate surface area is 141 Å². The van der Waals surface area contributed by atoms with Crippen LogP contribution >= 0.6 is 15.9 Å². The van der Waals surface area contributed by atoms with Gasteiger partial charge in [0.05, 0.1) is 22.8 Å². The monoisotopic (exact) mass is 368 g/mol. The maximum Gasteiger partial charge on any atom is 0.253 e. The normalized spacial score (nSPS) is 13.5. The number of benzene rings is 2. The quantitative estimate of drug-likeness (QED) is 0.657. The van der Waals surface area contributed by atoms with Crippen molar-refractivity contribution >= 4 is 33.2 Å². The molecule has 6 heteroatoms. The number of hydrogen-bond acceptors (Lipinski definition) is 3. The Kier molecular flexibility index (Phi) is 3.27. The fourth-order valence-electron chi connectivity index (χ4n) is 2.94. The van der Waals surface area contributed by atoms with Crippen molar-refractivity contribution in [2.24, 2.45) is 0 Å². The van der Waals surface area contributed by atoms with Crippen LogP contribution in [-0.2, 0) is 11.3 Å². The highest BCUT2D eigenvalue weighted by Crippen LogP contribution is 2.39. The lowest BCUT2D eigenvalue weighted by Crippen LogP contribution is -2.28. The minimum Gasteiger partial charge on any atom is -0.279 e. The van der Waals surface area contributed by atoms with Crippen LogP contribution in [-0.4, -0.2) is 20.9 Å². The van der Waals surface area contributed by atoms with Crippen molar-refractivity contribution in [3.05, 3.63) is 58.7 Å². The van der Waals surface area contributed by atoms with Crippen molar-refractivity contribution < 1.29 is 4.79 Å². The number of amides is 1.